The molecule has 1 aliphatic rings. The van der Waals surface area contributed by atoms with Gasteiger partial charge in [-0.25, -0.2) is 4.39 Å². The van der Waals surface area contributed by atoms with Crippen LogP contribution in [-0.2, 0) is 0 Å². The molecule has 0 saturated carbocycles. The summed E-state index contributed by atoms with van der Waals surface area (Å²) in [5.41, 5.74) is 0. The van der Waals surface area contributed by atoms with Gasteiger partial charge in [-0.1, -0.05) is 25.4 Å². The number of halogens is 3. The summed E-state index contributed by atoms with van der Waals surface area (Å²) in [6.45, 7) is 5.99. The van der Waals surface area contributed by atoms with Crippen LogP contribution in [0.5, 0.6) is 5.75 Å². The van der Waals surface area contributed by atoms with Gasteiger partial charge in [-0.15, -0.1) is 0 Å². The third kappa shape index (κ3) is 3.61. The fraction of sp³-hybridized carbons (Fsp3) is 0.600. The molecule has 1 N–H and O–H groups in total. The lowest BCUT2D eigenvalue weighted by Gasteiger charge is -2.26. The summed E-state index contributed by atoms with van der Waals surface area (Å²) in [7, 11) is 0. The number of rotatable bonds is 5. The van der Waals surface area contributed by atoms with Crippen molar-refractivity contribution in [1.29, 1.82) is 0 Å². The van der Waals surface area contributed by atoms with Gasteiger partial charge in [0.1, 0.15) is 6.10 Å². The molecule has 2 nitrogen and oxygen atoms in total. The van der Waals surface area contributed by atoms with Crippen LogP contribution in [0.15, 0.2) is 12.1 Å². The molecule has 2 rings (SSSR count). The van der Waals surface area contributed by atoms with Gasteiger partial charge in [0.15, 0.2) is 11.6 Å². The van der Waals surface area contributed by atoms with Gasteiger partial charge in [0.25, 0.3) is 0 Å². The summed E-state index contributed by atoms with van der Waals surface area (Å²) in [6.07, 6.45) is 1.70. The first-order chi connectivity index (χ1) is 9.49. The van der Waals surface area contributed by atoms with Crippen LogP contribution < -0.4 is 10.1 Å². The van der Waals surface area contributed by atoms with Crippen molar-refractivity contribution in [2.24, 2.45) is 11.8 Å². The third-order valence-corrected chi connectivity index (χ3v) is 3.90. The van der Waals surface area contributed by atoms with Crippen molar-refractivity contribution in [2.45, 2.75) is 32.8 Å². The smallest absolute Gasteiger partial charge is 0.202 e. The van der Waals surface area contributed by atoms with Gasteiger partial charge in [0, 0.05) is 12.5 Å². The van der Waals surface area contributed by atoms with Crippen LogP contribution in [0.4, 0.5) is 8.78 Å². The number of hydrogen-bond acceptors (Lipinski definition) is 2. The number of nitrogens with one attached hydrogen (secondary N) is 1. The van der Waals surface area contributed by atoms with Crippen LogP contribution >= 0.6 is 11.6 Å². The Balaban J connectivity index is 2.16. The molecule has 0 spiro atoms. The van der Waals surface area contributed by atoms with E-state index in [1.807, 2.05) is 0 Å². The molecule has 0 bridgehead atoms. The monoisotopic (exact) mass is 303 g/mol. The van der Waals surface area contributed by atoms with E-state index in [2.05, 4.69) is 19.2 Å². The van der Waals surface area contributed by atoms with Crippen LogP contribution in [0.25, 0.3) is 0 Å². The van der Waals surface area contributed by atoms with Crippen molar-refractivity contribution < 1.29 is 13.5 Å². The van der Waals surface area contributed by atoms with Gasteiger partial charge >= 0.3 is 0 Å². The van der Waals surface area contributed by atoms with E-state index < -0.39 is 11.6 Å². The highest BCUT2D eigenvalue weighted by Gasteiger charge is 2.28. The van der Waals surface area contributed by atoms with Crippen molar-refractivity contribution in [2.75, 3.05) is 13.1 Å². The molecule has 1 aromatic rings. The fourth-order valence-corrected chi connectivity index (χ4v) is 2.70. The molecule has 1 aliphatic heterocycles. The highest BCUT2D eigenvalue weighted by Crippen LogP contribution is 2.30. The van der Waals surface area contributed by atoms with E-state index in [0.717, 1.165) is 25.9 Å². The zero-order valence-electron chi connectivity index (χ0n) is 11.8. The molecule has 1 heterocycles. The molecule has 2 atom stereocenters. The van der Waals surface area contributed by atoms with Crippen LogP contribution in [0, 0.1) is 23.5 Å². The second kappa shape index (κ2) is 6.72. The van der Waals surface area contributed by atoms with Gasteiger partial charge in [-0.3, -0.25) is 0 Å². The van der Waals surface area contributed by atoms with Crippen LogP contribution in [-0.4, -0.2) is 19.2 Å². The maximum absolute atomic E-state index is 13.8. The van der Waals surface area contributed by atoms with E-state index in [-0.39, 0.29) is 16.9 Å². The highest BCUT2D eigenvalue weighted by molar-refractivity contribution is 6.30. The van der Waals surface area contributed by atoms with Crippen molar-refractivity contribution in [3.8, 4) is 5.75 Å². The topological polar surface area (TPSA) is 21.3 Å². The molecule has 0 aliphatic carbocycles. The van der Waals surface area contributed by atoms with Crippen molar-refractivity contribution in [1.82, 2.24) is 5.32 Å². The molecule has 20 heavy (non-hydrogen) atoms. The average molecular weight is 304 g/mol. The predicted molar refractivity (Wildman–Crippen MR) is 76.2 cm³/mol. The van der Waals surface area contributed by atoms with Crippen LogP contribution in [0.2, 0.25) is 5.02 Å². The second-order valence-electron chi connectivity index (χ2n) is 5.71. The predicted octanol–water partition coefficient (Wildman–Crippen LogP) is 4.02. The zero-order valence-corrected chi connectivity index (χ0v) is 12.5. The number of ether oxygens (including phenoxy) is 1. The van der Waals surface area contributed by atoms with Gasteiger partial charge < -0.3 is 10.1 Å². The molecule has 5 heteroatoms. The summed E-state index contributed by atoms with van der Waals surface area (Å²) in [5, 5.41) is 3.05. The molecule has 1 aromatic carbocycles. The summed E-state index contributed by atoms with van der Waals surface area (Å²) in [6, 6.07) is 2.73. The molecule has 0 aromatic heterocycles. The Kier molecular flexibility index (Phi) is 5.22. The van der Waals surface area contributed by atoms with E-state index in [0.29, 0.717) is 11.8 Å². The second-order valence-corrected chi connectivity index (χ2v) is 6.12. The lowest BCUT2D eigenvalue weighted by Crippen LogP contribution is -2.30. The molecule has 1 fully saturated rings. The maximum Gasteiger partial charge on any atom is 0.202 e. The molecule has 0 radical (unpaired) electrons. The van der Waals surface area contributed by atoms with E-state index in [1.165, 1.54) is 12.1 Å². The third-order valence-electron chi connectivity index (χ3n) is 3.61. The Labute approximate surface area is 123 Å². The van der Waals surface area contributed by atoms with Crippen molar-refractivity contribution in [3.05, 3.63) is 28.8 Å². The lowest BCUT2D eigenvalue weighted by molar-refractivity contribution is 0.113. The average Bonchev–Trinajstić information content (AvgIpc) is 2.92. The van der Waals surface area contributed by atoms with E-state index in [4.69, 9.17) is 16.3 Å². The van der Waals surface area contributed by atoms with Gasteiger partial charge in [0.2, 0.25) is 5.82 Å². The molecule has 0 unspecified atom stereocenters. The standard InChI is InChI=1S/C15H20ClF2NO/c1-9(2)7-13(10-5-6-19-8-10)20-12-4-3-11(16)14(17)15(12)18/h3-4,9-10,13,19H,5-8H2,1-2H3/t10-,13-/m0/s1. The minimum atomic E-state index is -1.04. The molecule has 112 valence electrons. The first-order valence-corrected chi connectivity index (χ1v) is 7.37. The SMILES string of the molecule is CC(C)C[C@H](Oc1ccc(Cl)c(F)c1F)[C@H]1CCNC1. The van der Waals surface area contributed by atoms with Crippen LogP contribution in [0.3, 0.4) is 0 Å². The lowest BCUT2D eigenvalue weighted by atomic mass is 9.93. The Morgan fingerprint density at radius 1 is 1.35 bits per heavy atom. The first-order valence-electron chi connectivity index (χ1n) is 7.00. The minimum absolute atomic E-state index is 0.0514. The molecular formula is C15H20ClF2NO. The Bertz CT molecular complexity index is 461. The molecule has 0 amide bonds. The van der Waals surface area contributed by atoms with Gasteiger partial charge in [-0.2, -0.15) is 4.39 Å². The summed E-state index contributed by atoms with van der Waals surface area (Å²) in [4.78, 5) is 0. The van der Waals surface area contributed by atoms with Gasteiger partial charge in [0.05, 0.1) is 5.02 Å². The molecular weight excluding hydrogens is 284 g/mol. The first kappa shape index (κ1) is 15.5. The Hall–Kier alpha value is -0.870. The maximum atomic E-state index is 13.8. The number of benzene rings is 1. The summed E-state index contributed by atoms with van der Waals surface area (Å²) in [5.74, 6) is -1.34. The highest BCUT2D eigenvalue weighted by atomic mass is 35.5. The Morgan fingerprint density at radius 2 is 2.10 bits per heavy atom. The van der Waals surface area contributed by atoms with Crippen molar-refractivity contribution in [3.63, 3.8) is 0 Å². The minimum Gasteiger partial charge on any atom is -0.487 e. The fourth-order valence-electron chi connectivity index (χ4n) is 2.56. The van der Waals surface area contributed by atoms with E-state index in [9.17, 15) is 8.78 Å². The number of hydrogen-bond donors (Lipinski definition) is 1. The zero-order chi connectivity index (χ0) is 14.7. The van der Waals surface area contributed by atoms with Crippen molar-refractivity contribution >= 4 is 11.6 Å². The quantitative estimate of drug-likeness (QED) is 0.830. The Morgan fingerprint density at radius 3 is 2.70 bits per heavy atom. The molecule has 1 saturated heterocycles. The van der Waals surface area contributed by atoms with E-state index in [1.54, 1.807) is 0 Å². The van der Waals surface area contributed by atoms with Gasteiger partial charge in [-0.05, 0) is 37.4 Å². The van der Waals surface area contributed by atoms with Crippen LogP contribution in [0.1, 0.15) is 26.7 Å². The largest absolute Gasteiger partial charge is 0.487 e. The summed E-state index contributed by atoms with van der Waals surface area (Å²) >= 11 is 5.55. The normalized spacial score (nSPS) is 20.4. The van der Waals surface area contributed by atoms with E-state index >= 15 is 0 Å². The summed E-state index contributed by atoms with van der Waals surface area (Å²) < 4.78 is 33.1.